The summed E-state index contributed by atoms with van der Waals surface area (Å²) in [4.78, 5) is 10.0. The van der Waals surface area contributed by atoms with E-state index in [0.717, 1.165) is 11.3 Å². The maximum absolute atomic E-state index is 12.8. The third-order valence-corrected chi connectivity index (χ3v) is 3.44. The van der Waals surface area contributed by atoms with Gasteiger partial charge in [0.25, 0.3) is 0 Å². The van der Waals surface area contributed by atoms with Crippen LogP contribution in [0.4, 0.5) is 8.78 Å². The van der Waals surface area contributed by atoms with Crippen LogP contribution in [-0.4, -0.2) is 22.1 Å². The van der Waals surface area contributed by atoms with E-state index in [9.17, 15) is 13.6 Å². The minimum atomic E-state index is -4.17. The number of thiophene rings is 1. The molecule has 1 atom stereocenters. The Morgan fingerprint density at radius 3 is 2.57 bits per heavy atom. The molecule has 1 rings (SSSR count). The molecule has 1 heterocycles. The first-order valence-corrected chi connectivity index (χ1v) is 5.06. The van der Waals surface area contributed by atoms with Crippen LogP contribution >= 0.6 is 27.3 Å². The van der Waals surface area contributed by atoms with Crippen LogP contribution in [0.1, 0.15) is 11.0 Å². The molecule has 0 fully saturated rings. The zero-order chi connectivity index (χ0) is 10.9. The lowest BCUT2D eigenvalue weighted by Crippen LogP contribution is -2.35. The van der Waals surface area contributed by atoms with Crippen molar-refractivity contribution >= 4 is 33.2 Å². The molecule has 1 aromatic heterocycles. The second kappa shape index (κ2) is 3.92. The van der Waals surface area contributed by atoms with Crippen LogP contribution < -0.4 is 0 Å². The summed E-state index contributed by atoms with van der Waals surface area (Å²) in [7, 11) is 0. The second-order valence-electron chi connectivity index (χ2n) is 2.46. The lowest BCUT2D eigenvalue weighted by atomic mass is 10.1. The number of carboxylic acid groups (broad SMARTS) is 1. The first-order chi connectivity index (χ1) is 6.37. The number of aliphatic hydroxyl groups excluding tert-OH is 1. The molecule has 0 spiro atoms. The number of carbonyl (C=O) groups is 1. The van der Waals surface area contributed by atoms with E-state index in [1.54, 1.807) is 0 Å². The molecule has 0 aliphatic heterocycles. The smallest absolute Gasteiger partial charge is 0.377 e. The zero-order valence-electron chi connectivity index (χ0n) is 6.58. The normalized spacial score (nSPS) is 14.0. The second-order valence-corrected chi connectivity index (χ2v) is 4.27. The number of aliphatic hydroxyl groups is 1. The fraction of sp³-hybridized carbons (Fsp3) is 0.286. The number of aliphatic carboxylic acids is 1. The number of rotatable bonds is 3. The highest BCUT2D eigenvalue weighted by Gasteiger charge is 2.48. The van der Waals surface area contributed by atoms with Crippen LogP contribution in [0.2, 0.25) is 0 Å². The molecule has 0 saturated heterocycles. The average molecular weight is 287 g/mol. The SMILES string of the molecule is O=C(O)C(F)(F)C(O)c1sccc1Br. The molecule has 1 unspecified atom stereocenters. The molecule has 2 N–H and O–H groups in total. The van der Waals surface area contributed by atoms with Gasteiger partial charge in [0.2, 0.25) is 0 Å². The summed E-state index contributed by atoms with van der Waals surface area (Å²) in [6, 6.07) is 1.46. The Bertz CT molecular complexity index is 352. The van der Waals surface area contributed by atoms with Gasteiger partial charge < -0.3 is 10.2 Å². The van der Waals surface area contributed by atoms with E-state index in [0.29, 0.717) is 0 Å². The third kappa shape index (κ3) is 1.94. The van der Waals surface area contributed by atoms with Crippen molar-refractivity contribution in [3.05, 3.63) is 20.8 Å². The van der Waals surface area contributed by atoms with Crippen LogP contribution in [0.15, 0.2) is 15.9 Å². The average Bonchev–Trinajstić information content (AvgIpc) is 2.49. The molecule has 0 amide bonds. The number of alkyl halides is 2. The minimum absolute atomic E-state index is 0.0996. The van der Waals surface area contributed by atoms with Crippen LogP contribution in [0.3, 0.4) is 0 Å². The monoisotopic (exact) mass is 286 g/mol. The molecule has 0 aliphatic rings. The molecule has 14 heavy (non-hydrogen) atoms. The molecule has 7 heteroatoms. The summed E-state index contributed by atoms with van der Waals surface area (Å²) >= 11 is 3.79. The van der Waals surface area contributed by atoms with Crippen molar-refractivity contribution in [1.82, 2.24) is 0 Å². The maximum Gasteiger partial charge on any atom is 0.377 e. The molecule has 0 radical (unpaired) electrons. The van der Waals surface area contributed by atoms with Crippen molar-refractivity contribution in [1.29, 1.82) is 0 Å². The highest BCUT2D eigenvalue weighted by Crippen LogP contribution is 2.38. The van der Waals surface area contributed by atoms with E-state index in [1.807, 2.05) is 0 Å². The van der Waals surface area contributed by atoms with Crippen molar-refractivity contribution in [2.75, 3.05) is 0 Å². The van der Waals surface area contributed by atoms with Gasteiger partial charge in [-0.1, -0.05) is 0 Å². The lowest BCUT2D eigenvalue weighted by molar-refractivity contribution is -0.182. The fourth-order valence-corrected chi connectivity index (χ4v) is 2.39. The largest absolute Gasteiger partial charge is 0.477 e. The highest BCUT2D eigenvalue weighted by atomic mass is 79.9. The molecule has 78 valence electrons. The lowest BCUT2D eigenvalue weighted by Gasteiger charge is -2.17. The highest BCUT2D eigenvalue weighted by molar-refractivity contribution is 9.10. The Kier molecular flexibility index (Phi) is 3.23. The topological polar surface area (TPSA) is 57.5 Å². The first kappa shape index (κ1) is 11.5. The predicted octanol–water partition coefficient (Wildman–Crippen LogP) is 2.26. The van der Waals surface area contributed by atoms with Gasteiger partial charge in [0, 0.05) is 4.47 Å². The van der Waals surface area contributed by atoms with Gasteiger partial charge in [-0.25, -0.2) is 4.79 Å². The van der Waals surface area contributed by atoms with Crippen molar-refractivity contribution in [3.8, 4) is 0 Å². The summed E-state index contributed by atoms with van der Waals surface area (Å²) in [6.45, 7) is 0. The summed E-state index contributed by atoms with van der Waals surface area (Å²) in [5, 5.41) is 18.8. The van der Waals surface area contributed by atoms with Gasteiger partial charge in [-0.2, -0.15) is 8.78 Å². The van der Waals surface area contributed by atoms with Crippen LogP contribution in [0.5, 0.6) is 0 Å². The van der Waals surface area contributed by atoms with E-state index >= 15 is 0 Å². The number of halogens is 3. The van der Waals surface area contributed by atoms with Gasteiger partial charge >= 0.3 is 11.9 Å². The van der Waals surface area contributed by atoms with Gasteiger partial charge in [-0.3, -0.25) is 0 Å². The quantitative estimate of drug-likeness (QED) is 0.896. The summed E-state index contributed by atoms with van der Waals surface area (Å²) in [5.74, 6) is -6.52. The van der Waals surface area contributed by atoms with E-state index in [2.05, 4.69) is 15.9 Å². The Hall–Kier alpha value is -0.530. The van der Waals surface area contributed by atoms with Gasteiger partial charge in [-0.05, 0) is 27.4 Å². The fourth-order valence-electron chi connectivity index (χ4n) is 0.782. The Morgan fingerprint density at radius 2 is 2.21 bits per heavy atom. The summed E-state index contributed by atoms with van der Waals surface area (Å²) < 4.78 is 25.9. The van der Waals surface area contributed by atoms with Gasteiger partial charge in [0.1, 0.15) is 0 Å². The molecule has 0 aromatic carbocycles. The number of hydrogen-bond donors (Lipinski definition) is 2. The Balaban J connectivity index is 3.02. The minimum Gasteiger partial charge on any atom is -0.477 e. The van der Waals surface area contributed by atoms with E-state index in [4.69, 9.17) is 10.2 Å². The van der Waals surface area contributed by atoms with Crippen molar-refractivity contribution < 1.29 is 23.8 Å². The molecule has 0 bridgehead atoms. The summed E-state index contributed by atoms with van der Waals surface area (Å²) in [5.41, 5.74) is 0. The first-order valence-electron chi connectivity index (χ1n) is 3.39. The van der Waals surface area contributed by atoms with Crippen molar-refractivity contribution in [2.45, 2.75) is 12.0 Å². The molecule has 3 nitrogen and oxygen atoms in total. The van der Waals surface area contributed by atoms with Crippen LogP contribution in [-0.2, 0) is 4.79 Å². The van der Waals surface area contributed by atoms with Crippen LogP contribution in [0.25, 0.3) is 0 Å². The molecule has 0 aliphatic carbocycles. The molecular weight excluding hydrogens is 282 g/mol. The summed E-state index contributed by atoms with van der Waals surface area (Å²) in [6.07, 6.45) is -2.32. The third-order valence-electron chi connectivity index (χ3n) is 1.52. The van der Waals surface area contributed by atoms with E-state index in [1.165, 1.54) is 11.4 Å². The van der Waals surface area contributed by atoms with Gasteiger partial charge in [0.15, 0.2) is 6.10 Å². The number of carboxylic acids is 1. The Labute approximate surface area is 90.1 Å². The number of hydrogen-bond acceptors (Lipinski definition) is 3. The van der Waals surface area contributed by atoms with E-state index < -0.39 is 18.0 Å². The zero-order valence-corrected chi connectivity index (χ0v) is 8.98. The molecular formula is C7H5BrF2O3S. The van der Waals surface area contributed by atoms with Crippen molar-refractivity contribution in [2.24, 2.45) is 0 Å². The standard InChI is InChI=1S/C7H5BrF2O3S/c8-3-1-2-14-4(3)5(11)7(9,10)6(12)13/h1-2,5,11H,(H,12,13). The molecule has 0 saturated carbocycles. The van der Waals surface area contributed by atoms with Crippen LogP contribution in [0, 0.1) is 0 Å². The van der Waals surface area contributed by atoms with E-state index in [-0.39, 0.29) is 9.35 Å². The Morgan fingerprint density at radius 1 is 1.64 bits per heavy atom. The maximum atomic E-state index is 12.8. The van der Waals surface area contributed by atoms with Crippen molar-refractivity contribution in [3.63, 3.8) is 0 Å². The predicted molar refractivity (Wildman–Crippen MR) is 49.6 cm³/mol. The molecule has 1 aromatic rings. The van der Waals surface area contributed by atoms with Gasteiger partial charge in [-0.15, -0.1) is 11.3 Å². The van der Waals surface area contributed by atoms with Gasteiger partial charge in [0.05, 0.1) is 4.88 Å².